The van der Waals surface area contributed by atoms with Gasteiger partial charge in [-0.25, -0.2) is 0 Å². The molecular weight excluding hydrogens is 328 g/mol. The summed E-state index contributed by atoms with van der Waals surface area (Å²) in [5, 5.41) is 10.8. The zero-order chi connectivity index (χ0) is 15.7. The molecule has 1 unspecified atom stereocenters. The SMILES string of the molecule is COc1ccc(C(O)c2c(C)c(C)cc(C)c2C)cc1Br. The first kappa shape index (κ1) is 16.1. The van der Waals surface area contributed by atoms with Gasteiger partial charge in [-0.15, -0.1) is 0 Å². The Bertz CT molecular complexity index is 651. The number of aliphatic hydroxyl groups excluding tert-OH is 1. The van der Waals surface area contributed by atoms with Crippen LogP contribution >= 0.6 is 15.9 Å². The zero-order valence-electron chi connectivity index (χ0n) is 13.1. The quantitative estimate of drug-likeness (QED) is 0.865. The van der Waals surface area contributed by atoms with Crippen LogP contribution < -0.4 is 4.74 Å². The molecule has 2 nitrogen and oxygen atoms in total. The number of benzene rings is 2. The van der Waals surface area contributed by atoms with Gasteiger partial charge in [-0.2, -0.15) is 0 Å². The van der Waals surface area contributed by atoms with Crippen molar-refractivity contribution in [2.75, 3.05) is 7.11 Å². The van der Waals surface area contributed by atoms with E-state index in [1.807, 2.05) is 18.2 Å². The molecule has 112 valence electrons. The lowest BCUT2D eigenvalue weighted by molar-refractivity contribution is 0.218. The highest BCUT2D eigenvalue weighted by Crippen LogP contribution is 2.34. The zero-order valence-corrected chi connectivity index (χ0v) is 14.7. The summed E-state index contributed by atoms with van der Waals surface area (Å²) in [4.78, 5) is 0. The van der Waals surface area contributed by atoms with E-state index in [9.17, 15) is 5.11 Å². The maximum Gasteiger partial charge on any atom is 0.133 e. The second kappa shape index (κ2) is 6.20. The van der Waals surface area contributed by atoms with E-state index >= 15 is 0 Å². The molecule has 0 aliphatic heterocycles. The molecule has 0 saturated carbocycles. The number of halogens is 1. The molecule has 0 fully saturated rings. The van der Waals surface area contributed by atoms with E-state index < -0.39 is 6.10 Å². The van der Waals surface area contributed by atoms with Crippen molar-refractivity contribution in [2.45, 2.75) is 33.8 Å². The van der Waals surface area contributed by atoms with E-state index in [1.54, 1.807) is 7.11 Å². The molecule has 0 bridgehead atoms. The fourth-order valence-electron chi connectivity index (χ4n) is 2.68. The topological polar surface area (TPSA) is 29.5 Å². The largest absolute Gasteiger partial charge is 0.496 e. The molecule has 0 radical (unpaired) electrons. The first-order valence-corrected chi connectivity index (χ1v) is 7.75. The molecular formula is C18H21BrO2. The van der Waals surface area contributed by atoms with Crippen molar-refractivity contribution in [1.82, 2.24) is 0 Å². The highest BCUT2D eigenvalue weighted by Gasteiger charge is 2.19. The van der Waals surface area contributed by atoms with Crippen LogP contribution in [0, 0.1) is 27.7 Å². The average molecular weight is 349 g/mol. The minimum absolute atomic E-state index is 0.634. The van der Waals surface area contributed by atoms with Crippen LogP contribution in [0.1, 0.15) is 39.5 Å². The van der Waals surface area contributed by atoms with Crippen LogP contribution in [0.5, 0.6) is 5.75 Å². The number of aryl methyl sites for hydroxylation is 2. The monoisotopic (exact) mass is 348 g/mol. The number of aliphatic hydroxyl groups is 1. The lowest BCUT2D eigenvalue weighted by Gasteiger charge is -2.21. The molecule has 0 spiro atoms. The van der Waals surface area contributed by atoms with Crippen LogP contribution in [0.3, 0.4) is 0 Å². The van der Waals surface area contributed by atoms with Crippen molar-refractivity contribution in [3.8, 4) is 5.75 Å². The van der Waals surface area contributed by atoms with Gasteiger partial charge in [0.2, 0.25) is 0 Å². The van der Waals surface area contributed by atoms with Gasteiger partial charge in [-0.05, 0) is 89.1 Å². The minimum Gasteiger partial charge on any atom is -0.496 e. The third-order valence-electron chi connectivity index (χ3n) is 4.19. The maximum atomic E-state index is 10.8. The van der Waals surface area contributed by atoms with Crippen LogP contribution in [0.15, 0.2) is 28.7 Å². The van der Waals surface area contributed by atoms with Crippen LogP contribution in [0.2, 0.25) is 0 Å². The molecule has 0 saturated heterocycles. The number of hydrogen-bond acceptors (Lipinski definition) is 2. The van der Waals surface area contributed by atoms with E-state index in [4.69, 9.17) is 4.74 Å². The molecule has 0 aliphatic carbocycles. The molecule has 21 heavy (non-hydrogen) atoms. The van der Waals surface area contributed by atoms with Crippen molar-refractivity contribution in [3.05, 3.63) is 62.1 Å². The van der Waals surface area contributed by atoms with Crippen molar-refractivity contribution < 1.29 is 9.84 Å². The summed E-state index contributed by atoms with van der Waals surface area (Å²) in [6, 6.07) is 7.87. The van der Waals surface area contributed by atoms with Gasteiger partial charge in [0.05, 0.1) is 11.6 Å². The highest BCUT2D eigenvalue weighted by molar-refractivity contribution is 9.10. The Balaban J connectivity index is 2.55. The van der Waals surface area contributed by atoms with Crippen molar-refractivity contribution in [3.63, 3.8) is 0 Å². The predicted molar refractivity (Wildman–Crippen MR) is 90.1 cm³/mol. The summed E-state index contributed by atoms with van der Waals surface area (Å²) in [5.74, 6) is 0.764. The lowest BCUT2D eigenvalue weighted by atomic mass is 9.88. The van der Waals surface area contributed by atoms with Gasteiger partial charge in [0.25, 0.3) is 0 Å². The number of methoxy groups -OCH3 is 1. The number of ether oxygens (including phenoxy) is 1. The van der Waals surface area contributed by atoms with E-state index in [0.29, 0.717) is 0 Å². The van der Waals surface area contributed by atoms with E-state index in [0.717, 1.165) is 32.5 Å². The normalized spacial score (nSPS) is 12.3. The van der Waals surface area contributed by atoms with Crippen LogP contribution in [0.4, 0.5) is 0 Å². The van der Waals surface area contributed by atoms with Gasteiger partial charge in [0.15, 0.2) is 0 Å². The van der Waals surface area contributed by atoms with Gasteiger partial charge in [-0.3, -0.25) is 0 Å². The van der Waals surface area contributed by atoms with Gasteiger partial charge in [-0.1, -0.05) is 12.1 Å². The molecule has 1 N–H and O–H groups in total. The molecule has 2 aromatic rings. The van der Waals surface area contributed by atoms with E-state index in [2.05, 4.69) is 49.7 Å². The average Bonchev–Trinajstić information content (AvgIpc) is 2.45. The maximum absolute atomic E-state index is 10.8. The molecule has 0 aromatic heterocycles. The Hall–Kier alpha value is -1.32. The second-order valence-electron chi connectivity index (χ2n) is 5.47. The van der Waals surface area contributed by atoms with Gasteiger partial charge >= 0.3 is 0 Å². The highest BCUT2D eigenvalue weighted by atomic mass is 79.9. The Morgan fingerprint density at radius 2 is 1.57 bits per heavy atom. The first-order valence-electron chi connectivity index (χ1n) is 6.95. The molecule has 0 heterocycles. The third-order valence-corrected chi connectivity index (χ3v) is 4.81. The molecule has 2 rings (SSSR count). The van der Waals surface area contributed by atoms with Crippen LogP contribution in [-0.2, 0) is 0 Å². The standard InChI is InChI=1S/C18H21BrO2/c1-10-8-11(2)13(4)17(12(10)3)18(20)14-6-7-16(21-5)15(19)9-14/h6-9,18,20H,1-5H3. The Morgan fingerprint density at radius 3 is 2.05 bits per heavy atom. The Labute approximate surface area is 134 Å². The third kappa shape index (κ3) is 2.99. The number of rotatable bonds is 3. The molecule has 1 atom stereocenters. The van der Waals surface area contributed by atoms with Crippen molar-refractivity contribution in [1.29, 1.82) is 0 Å². The summed E-state index contributed by atoms with van der Waals surface area (Å²) in [6.45, 7) is 8.31. The summed E-state index contributed by atoms with van der Waals surface area (Å²) < 4.78 is 6.09. The molecule has 0 aliphatic rings. The first-order chi connectivity index (χ1) is 9.86. The summed E-state index contributed by atoms with van der Waals surface area (Å²) >= 11 is 3.48. The van der Waals surface area contributed by atoms with Gasteiger partial charge < -0.3 is 9.84 Å². The number of hydrogen-bond donors (Lipinski definition) is 1. The van der Waals surface area contributed by atoms with Crippen molar-refractivity contribution in [2.24, 2.45) is 0 Å². The summed E-state index contributed by atoms with van der Waals surface area (Å²) in [7, 11) is 1.63. The fourth-order valence-corrected chi connectivity index (χ4v) is 3.24. The smallest absolute Gasteiger partial charge is 0.133 e. The summed E-state index contributed by atoms with van der Waals surface area (Å²) in [5.41, 5.74) is 6.58. The van der Waals surface area contributed by atoms with Crippen LogP contribution in [0.25, 0.3) is 0 Å². The Morgan fingerprint density at radius 1 is 1.00 bits per heavy atom. The van der Waals surface area contributed by atoms with Crippen molar-refractivity contribution >= 4 is 15.9 Å². The molecule has 0 amide bonds. The predicted octanol–water partition coefficient (Wildman–Crippen LogP) is 4.77. The molecule has 2 aromatic carbocycles. The molecule has 3 heteroatoms. The second-order valence-corrected chi connectivity index (χ2v) is 6.32. The van der Waals surface area contributed by atoms with E-state index in [-0.39, 0.29) is 0 Å². The van der Waals surface area contributed by atoms with Gasteiger partial charge in [0.1, 0.15) is 11.9 Å². The Kier molecular flexibility index (Phi) is 4.74. The van der Waals surface area contributed by atoms with E-state index in [1.165, 1.54) is 11.1 Å². The summed E-state index contributed by atoms with van der Waals surface area (Å²) in [6.07, 6.45) is -0.634. The lowest BCUT2D eigenvalue weighted by Crippen LogP contribution is -2.07. The minimum atomic E-state index is -0.634. The fraction of sp³-hybridized carbons (Fsp3) is 0.333. The van der Waals surface area contributed by atoms with Crippen LogP contribution in [-0.4, -0.2) is 12.2 Å². The van der Waals surface area contributed by atoms with Gasteiger partial charge in [0, 0.05) is 0 Å².